The molecule has 0 saturated heterocycles. The molecule has 1 N–H and O–H groups in total. The van der Waals surface area contributed by atoms with Gasteiger partial charge in [-0.15, -0.1) is 0 Å². The lowest BCUT2D eigenvalue weighted by Gasteiger charge is -2.09. The molecule has 0 bridgehead atoms. The predicted octanol–water partition coefficient (Wildman–Crippen LogP) is 5.46. The van der Waals surface area contributed by atoms with Gasteiger partial charge in [-0.25, -0.2) is 9.07 Å². The summed E-state index contributed by atoms with van der Waals surface area (Å²) in [5.74, 6) is -1.17. The largest absolute Gasteiger partial charge is 0.318 e. The van der Waals surface area contributed by atoms with E-state index >= 15 is 0 Å². The number of non-ortho nitro benzene ring substituents is 1. The fraction of sp³-hybridized carbons (Fsp3) is 0.0833. The molecule has 0 aliphatic carbocycles. The van der Waals surface area contributed by atoms with Gasteiger partial charge in [-0.3, -0.25) is 14.9 Å². The molecule has 160 valence electrons. The summed E-state index contributed by atoms with van der Waals surface area (Å²) in [4.78, 5) is 23.8. The summed E-state index contributed by atoms with van der Waals surface area (Å²) in [5, 5.41) is 18.3. The van der Waals surface area contributed by atoms with Crippen molar-refractivity contribution in [3.05, 3.63) is 106 Å². The first-order valence-electron chi connectivity index (χ1n) is 9.82. The third-order valence-corrected chi connectivity index (χ3v) is 5.15. The van der Waals surface area contributed by atoms with E-state index < -0.39 is 16.6 Å². The molecule has 4 rings (SSSR count). The quantitative estimate of drug-likeness (QED) is 0.336. The standard InChI is InChI=1S/C24H19FN4O3/c1-15-10-11-17(12-16(15)2)22-14-23(24(30)26-21-9-4-3-8-20(21)25)28(27-22)18-6-5-7-19(13-18)29(31)32/h3-14H,1-2H3,(H,26,30). The number of hydrogen-bond acceptors (Lipinski definition) is 4. The minimum atomic E-state index is -0.593. The molecule has 0 radical (unpaired) electrons. The number of aryl methyl sites for hydroxylation is 2. The van der Waals surface area contributed by atoms with Gasteiger partial charge in [-0.2, -0.15) is 5.10 Å². The molecular weight excluding hydrogens is 411 g/mol. The summed E-state index contributed by atoms with van der Waals surface area (Å²) < 4.78 is 15.4. The Morgan fingerprint density at radius 1 is 1.00 bits per heavy atom. The van der Waals surface area contributed by atoms with Crippen molar-refractivity contribution in [2.75, 3.05) is 5.32 Å². The van der Waals surface area contributed by atoms with Crippen LogP contribution < -0.4 is 5.32 Å². The molecule has 7 nitrogen and oxygen atoms in total. The lowest BCUT2D eigenvalue weighted by atomic mass is 10.0. The maximum Gasteiger partial charge on any atom is 0.274 e. The van der Waals surface area contributed by atoms with E-state index in [0.29, 0.717) is 11.4 Å². The summed E-state index contributed by atoms with van der Waals surface area (Å²) in [5.41, 5.74) is 3.82. The zero-order valence-electron chi connectivity index (χ0n) is 17.4. The fourth-order valence-electron chi connectivity index (χ4n) is 3.27. The Morgan fingerprint density at radius 3 is 2.50 bits per heavy atom. The molecule has 0 aliphatic heterocycles. The lowest BCUT2D eigenvalue weighted by Crippen LogP contribution is -2.17. The normalized spacial score (nSPS) is 10.7. The van der Waals surface area contributed by atoms with Crippen molar-refractivity contribution in [2.24, 2.45) is 0 Å². The number of amides is 1. The Labute approximate surface area is 183 Å². The molecule has 0 atom stereocenters. The zero-order chi connectivity index (χ0) is 22.8. The highest BCUT2D eigenvalue weighted by Crippen LogP contribution is 2.26. The third-order valence-electron chi connectivity index (χ3n) is 5.15. The van der Waals surface area contributed by atoms with Crippen LogP contribution in [-0.2, 0) is 0 Å². The Balaban J connectivity index is 1.83. The van der Waals surface area contributed by atoms with Crippen LogP contribution in [0.2, 0.25) is 0 Å². The monoisotopic (exact) mass is 430 g/mol. The Hall–Kier alpha value is -4.33. The Kier molecular flexibility index (Phi) is 5.51. The van der Waals surface area contributed by atoms with E-state index in [2.05, 4.69) is 10.4 Å². The van der Waals surface area contributed by atoms with Crippen LogP contribution in [-0.4, -0.2) is 20.6 Å². The van der Waals surface area contributed by atoms with Crippen molar-refractivity contribution in [1.82, 2.24) is 9.78 Å². The third kappa shape index (κ3) is 4.11. The van der Waals surface area contributed by atoms with E-state index in [0.717, 1.165) is 16.7 Å². The number of nitro groups is 1. The minimum absolute atomic E-state index is 0.0250. The van der Waals surface area contributed by atoms with Crippen LogP contribution in [0.3, 0.4) is 0 Å². The van der Waals surface area contributed by atoms with E-state index in [1.54, 1.807) is 18.2 Å². The van der Waals surface area contributed by atoms with Crippen LogP contribution in [0.5, 0.6) is 0 Å². The summed E-state index contributed by atoms with van der Waals surface area (Å²) >= 11 is 0. The van der Waals surface area contributed by atoms with Gasteiger partial charge in [0.2, 0.25) is 0 Å². The van der Waals surface area contributed by atoms with Crippen molar-refractivity contribution < 1.29 is 14.1 Å². The molecule has 3 aromatic carbocycles. The number of carbonyl (C=O) groups excluding carboxylic acids is 1. The topological polar surface area (TPSA) is 90.1 Å². The maximum absolute atomic E-state index is 14.1. The van der Waals surface area contributed by atoms with Crippen LogP contribution in [0.25, 0.3) is 16.9 Å². The molecule has 0 aliphatic rings. The number of nitrogens with one attached hydrogen (secondary N) is 1. The van der Waals surface area contributed by atoms with Crippen LogP contribution in [0.15, 0.2) is 72.8 Å². The van der Waals surface area contributed by atoms with E-state index in [-0.39, 0.29) is 17.1 Å². The lowest BCUT2D eigenvalue weighted by molar-refractivity contribution is -0.384. The van der Waals surface area contributed by atoms with Gasteiger partial charge in [0.15, 0.2) is 0 Å². The van der Waals surface area contributed by atoms with Crippen molar-refractivity contribution in [2.45, 2.75) is 13.8 Å². The van der Waals surface area contributed by atoms with Crippen molar-refractivity contribution in [3.8, 4) is 16.9 Å². The van der Waals surface area contributed by atoms with Crippen LogP contribution in [0.1, 0.15) is 21.6 Å². The SMILES string of the molecule is Cc1ccc(-c2cc(C(=O)Nc3ccccc3F)n(-c3cccc([N+](=O)[O-])c3)n2)cc1C. The molecular formula is C24H19FN4O3. The number of aromatic nitrogens is 2. The number of hydrogen-bond donors (Lipinski definition) is 1. The molecule has 1 aromatic heterocycles. The number of rotatable bonds is 5. The molecule has 0 saturated carbocycles. The summed E-state index contributed by atoms with van der Waals surface area (Å²) in [6.45, 7) is 3.97. The van der Waals surface area contributed by atoms with Crippen LogP contribution in [0.4, 0.5) is 15.8 Å². The highest BCUT2D eigenvalue weighted by molar-refractivity contribution is 6.04. The van der Waals surface area contributed by atoms with Crippen molar-refractivity contribution in [3.63, 3.8) is 0 Å². The van der Waals surface area contributed by atoms with Gasteiger partial charge in [0.05, 0.1) is 22.0 Å². The number of nitrogens with zero attached hydrogens (tertiary/aromatic N) is 3. The highest BCUT2D eigenvalue weighted by Gasteiger charge is 2.20. The Bertz CT molecular complexity index is 1350. The van der Waals surface area contributed by atoms with Crippen LogP contribution in [0, 0.1) is 29.8 Å². The average molecular weight is 430 g/mol. The molecule has 0 fully saturated rings. The van der Waals surface area contributed by atoms with Gasteiger partial charge in [-0.05, 0) is 55.3 Å². The number of anilines is 1. The second kappa shape index (κ2) is 8.43. The van der Waals surface area contributed by atoms with Gasteiger partial charge in [0.1, 0.15) is 11.5 Å². The number of halogens is 1. The van der Waals surface area contributed by atoms with Crippen LogP contribution >= 0.6 is 0 Å². The second-order valence-electron chi connectivity index (χ2n) is 7.34. The van der Waals surface area contributed by atoms with E-state index in [9.17, 15) is 19.3 Å². The molecule has 0 unspecified atom stereocenters. The van der Waals surface area contributed by atoms with E-state index in [1.807, 2.05) is 32.0 Å². The molecule has 32 heavy (non-hydrogen) atoms. The minimum Gasteiger partial charge on any atom is -0.318 e. The maximum atomic E-state index is 14.1. The van der Waals surface area contributed by atoms with Gasteiger partial charge < -0.3 is 5.32 Å². The average Bonchev–Trinajstić information content (AvgIpc) is 3.23. The fourth-order valence-corrected chi connectivity index (χ4v) is 3.27. The van der Waals surface area contributed by atoms with Gasteiger partial charge >= 0.3 is 0 Å². The van der Waals surface area contributed by atoms with Crippen molar-refractivity contribution >= 4 is 17.3 Å². The first-order valence-corrected chi connectivity index (χ1v) is 9.82. The van der Waals surface area contributed by atoms with Crippen molar-refractivity contribution in [1.29, 1.82) is 0 Å². The Morgan fingerprint density at radius 2 is 1.78 bits per heavy atom. The zero-order valence-corrected chi connectivity index (χ0v) is 17.4. The first kappa shape index (κ1) is 20.9. The molecule has 4 aromatic rings. The number of para-hydroxylation sites is 1. The highest BCUT2D eigenvalue weighted by atomic mass is 19.1. The number of benzene rings is 3. The predicted molar refractivity (Wildman–Crippen MR) is 119 cm³/mol. The summed E-state index contributed by atoms with van der Waals surface area (Å²) in [7, 11) is 0. The smallest absolute Gasteiger partial charge is 0.274 e. The number of nitro benzene ring substituents is 1. The summed E-state index contributed by atoms with van der Waals surface area (Å²) in [6.07, 6.45) is 0. The van der Waals surface area contributed by atoms with E-state index in [4.69, 9.17) is 0 Å². The van der Waals surface area contributed by atoms with Gasteiger partial charge in [-0.1, -0.05) is 30.3 Å². The van der Waals surface area contributed by atoms with E-state index in [1.165, 1.54) is 41.1 Å². The molecule has 8 heteroatoms. The molecule has 0 spiro atoms. The summed E-state index contributed by atoms with van der Waals surface area (Å²) in [6, 6.07) is 19.0. The van der Waals surface area contributed by atoms with Gasteiger partial charge in [0.25, 0.3) is 11.6 Å². The van der Waals surface area contributed by atoms with Gasteiger partial charge in [0, 0.05) is 17.7 Å². The molecule has 1 heterocycles. The molecule has 1 amide bonds. The number of carbonyl (C=O) groups is 1. The second-order valence-corrected chi connectivity index (χ2v) is 7.34. The first-order chi connectivity index (χ1) is 15.3.